The Kier molecular flexibility index (Phi) is 6.32. The van der Waals surface area contributed by atoms with Crippen molar-refractivity contribution in [2.45, 2.75) is 13.3 Å². The van der Waals surface area contributed by atoms with Gasteiger partial charge in [-0.3, -0.25) is 0 Å². The molecule has 0 saturated heterocycles. The summed E-state index contributed by atoms with van der Waals surface area (Å²) < 4.78 is 40.2. The molecule has 0 spiro atoms. The third kappa shape index (κ3) is 7.45. The summed E-state index contributed by atoms with van der Waals surface area (Å²) >= 11 is 2.24. The maximum atomic E-state index is 9.75. The van der Waals surface area contributed by atoms with Gasteiger partial charge in [0.05, 0.1) is 0 Å². The van der Waals surface area contributed by atoms with Crippen molar-refractivity contribution in [1.29, 1.82) is 5.39 Å². The second-order valence-electron chi connectivity index (χ2n) is 2.72. The van der Waals surface area contributed by atoms with Crippen LogP contribution in [0.4, 0.5) is 23.0 Å². The maximum absolute atomic E-state index is 9.75. The summed E-state index contributed by atoms with van der Waals surface area (Å²) in [5, 5.41) is 8.56. The number of benzene rings is 1. The molecule has 0 fully saturated rings. The number of diazo groups is 1. The molecule has 0 radical (unpaired) electrons. The molecule has 0 aliphatic heterocycles. The largest absolute Gasteiger partial charge is 0.673 e. The molecule has 0 bridgehead atoms. The van der Waals surface area contributed by atoms with Gasteiger partial charge >= 0.3 is 12.9 Å². The highest BCUT2D eigenvalue weighted by atomic mass is 127. The molecule has 88 valence electrons. The third-order valence-corrected chi connectivity index (χ3v) is 2.20. The van der Waals surface area contributed by atoms with E-state index in [0.717, 1.165) is 12.0 Å². The van der Waals surface area contributed by atoms with Crippen LogP contribution in [0.25, 0.3) is 4.98 Å². The smallest absolute Gasteiger partial charge is 0.418 e. The maximum Gasteiger partial charge on any atom is 0.673 e. The molecule has 0 atom stereocenters. The van der Waals surface area contributed by atoms with Crippen LogP contribution in [0.1, 0.15) is 12.5 Å². The van der Waals surface area contributed by atoms with Crippen molar-refractivity contribution in [2.24, 2.45) is 0 Å². The molecule has 0 aliphatic rings. The average Bonchev–Trinajstić information content (AvgIpc) is 2.15. The molecule has 1 aromatic rings. The summed E-state index contributed by atoms with van der Waals surface area (Å²) in [5.41, 5.74) is 1.76. The van der Waals surface area contributed by atoms with Crippen molar-refractivity contribution in [1.82, 2.24) is 0 Å². The molecule has 0 N–H and O–H groups in total. The van der Waals surface area contributed by atoms with E-state index in [4.69, 9.17) is 5.39 Å². The number of hydrogen-bond donors (Lipinski definition) is 0. The van der Waals surface area contributed by atoms with Crippen LogP contribution in [0.5, 0.6) is 0 Å². The quantitative estimate of drug-likeness (QED) is 0.315. The first-order chi connectivity index (χ1) is 7.27. The molecular weight excluding hydrogens is 338 g/mol. The fourth-order valence-corrected chi connectivity index (χ4v) is 1.49. The Labute approximate surface area is 104 Å². The summed E-state index contributed by atoms with van der Waals surface area (Å²) in [6.45, 7) is 2.04. The molecule has 16 heavy (non-hydrogen) atoms. The van der Waals surface area contributed by atoms with E-state index in [0.29, 0.717) is 5.69 Å². The van der Waals surface area contributed by atoms with Crippen LogP contribution in [-0.4, -0.2) is 7.25 Å². The minimum atomic E-state index is -6.00. The lowest BCUT2D eigenvalue weighted by Gasteiger charge is -1.94. The number of halogens is 5. The first-order valence-corrected chi connectivity index (χ1v) is 5.36. The predicted molar refractivity (Wildman–Crippen MR) is 63.5 cm³/mol. The van der Waals surface area contributed by atoms with Crippen molar-refractivity contribution < 1.29 is 17.3 Å². The van der Waals surface area contributed by atoms with Crippen LogP contribution in [0.15, 0.2) is 18.2 Å². The average molecular weight is 346 g/mol. The van der Waals surface area contributed by atoms with Gasteiger partial charge in [0.2, 0.25) is 5.39 Å². The lowest BCUT2D eigenvalue weighted by molar-refractivity contribution is 0.368. The number of rotatable bonds is 1. The highest BCUT2D eigenvalue weighted by Crippen LogP contribution is 2.21. The fraction of sp³-hybridized carbons (Fsp3) is 0.250. The van der Waals surface area contributed by atoms with Crippen LogP contribution in [0.2, 0.25) is 0 Å². The predicted octanol–water partition coefficient (Wildman–Crippen LogP) is 4.64. The highest BCUT2D eigenvalue weighted by Gasteiger charge is 2.20. The molecule has 1 aromatic carbocycles. The zero-order valence-electron chi connectivity index (χ0n) is 8.30. The van der Waals surface area contributed by atoms with Crippen molar-refractivity contribution in [2.75, 3.05) is 0 Å². The van der Waals surface area contributed by atoms with E-state index in [1.807, 2.05) is 25.1 Å². The molecule has 0 saturated carbocycles. The van der Waals surface area contributed by atoms with E-state index in [2.05, 4.69) is 27.6 Å². The molecule has 0 amide bonds. The molecule has 0 aromatic heterocycles. The van der Waals surface area contributed by atoms with Gasteiger partial charge in [0, 0.05) is 15.2 Å². The van der Waals surface area contributed by atoms with Gasteiger partial charge in [-0.05, 0) is 41.1 Å². The van der Waals surface area contributed by atoms with E-state index in [1.54, 1.807) is 0 Å². The van der Waals surface area contributed by atoms with Crippen LogP contribution in [-0.2, 0) is 6.42 Å². The molecule has 0 unspecified atom stereocenters. The van der Waals surface area contributed by atoms with Crippen molar-refractivity contribution in [3.8, 4) is 0 Å². The van der Waals surface area contributed by atoms with Gasteiger partial charge in [-0.1, -0.05) is 6.92 Å². The van der Waals surface area contributed by atoms with Crippen LogP contribution >= 0.6 is 22.6 Å². The van der Waals surface area contributed by atoms with Crippen molar-refractivity contribution >= 4 is 35.5 Å². The highest BCUT2D eigenvalue weighted by molar-refractivity contribution is 14.1. The SMILES string of the molecule is CCc1cc(I)ccc1[N+]#N.F[B-](F)(F)F. The van der Waals surface area contributed by atoms with Gasteiger partial charge in [0.25, 0.3) is 0 Å². The minimum absolute atomic E-state index is 0.674. The summed E-state index contributed by atoms with van der Waals surface area (Å²) in [4.78, 5) is 3.18. The van der Waals surface area contributed by atoms with Gasteiger partial charge in [0.15, 0.2) is 4.98 Å². The van der Waals surface area contributed by atoms with E-state index >= 15 is 0 Å². The van der Waals surface area contributed by atoms with E-state index in [9.17, 15) is 17.3 Å². The summed E-state index contributed by atoms with van der Waals surface area (Å²) in [5.74, 6) is 0. The number of aryl methyl sites for hydroxylation is 1. The van der Waals surface area contributed by atoms with Gasteiger partial charge in [-0.15, -0.1) is 0 Å². The van der Waals surface area contributed by atoms with Gasteiger partial charge in [0.1, 0.15) is 0 Å². The Morgan fingerprint density at radius 2 is 1.81 bits per heavy atom. The Morgan fingerprint density at radius 3 is 2.19 bits per heavy atom. The molecule has 8 heteroatoms. The summed E-state index contributed by atoms with van der Waals surface area (Å²) in [6, 6.07) is 5.77. The van der Waals surface area contributed by atoms with Gasteiger partial charge in [-0.25, -0.2) is 0 Å². The fourth-order valence-electron chi connectivity index (χ4n) is 0.935. The van der Waals surface area contributed by atoms with Crippen LogP contribution in [0, 0.1) is 8.96 Å². The van der Waals surface area contributed by atoms with Crippen LogP contribution < -0.4 is 0 Å². The van der Waals surface area contributed by atoms with Crippen molar-refractivity contribution in [3.05, 3.63) is 32.3 Å². The Bertz CT molecular complexity index is 383. The lowest BCUT2D eigenvalue weighted by Crippen LogP contribution is -2.02. The topological polar surface area (TPSA) is 28.1 Å². The monoisotopic (exact) mass is 346 g/mol. The normalized spacial score (nSPS) is 10.1. The van der Waals surface area contributed by atoms with Crippen molar-refractivity contribution in [3.63, 3.8) is 0 Å². The molecule has 0 heterocycles. The zero-order chi connectivity index (χ0) is 12.8. The van der Waals surface area contributed by atoms with Gasteiger partial charge in [-0.2, -0.15) is 0 Å². The third-order valence-electron chi connectivity index (χ3n) is 1.53. The first-order valence-electron chi connectivity index (χ1n) is 4.28. The standard InChI is InChI=1S/C8H8IN2.BF4/c1-2-6-5-7(9)3-4-8(6)11-10;2-1(3,4)5/h3-5H,2H2,1H3;/q+1;-1. The van der Waals surface area contributed by atoms with Gasteiger partial charge < -0.3 is 17.3 Å². The summed E-state index contributed by atoms with van der Waals surface area (Å²) in [7, 11) is -6.00. The molecule has 1 rings (SSSR count). The molecule has 0 aliphatic carbocycles. The number of hydrogen-bond acceptors (Lipinski definition) is 1. The number of nitrogens with zero attached hydrogens (tertiary/aromatic N) is 2. The first kappa shape index (κ1) is 15.2. The van der Waals surface area contributed by atoms with Crippen LogP contribution in [0.3, 0.4) is 0 Å². The Balaban J connectivity index is 0.000000385. The Morgan fingerprint density at radius 1 is 1.31 bits per heavy atom. The van der Waals surface area contributed by atoms with E-state index in [1.165, 1.54) is 3.57 Å². The molecular formula is C8H8BF4IN2. The Hall–Kier alpha value is -0.845. The second kappa shape index (κ2) is 6.68. The zero-order valence-corrected chi connectivity index (χ0v) is 10.5. The lowest BCUT2D eigenvalue weighted by atomic mass is 10.1. The molecule has 2 nitrogen and oxygen atoms in total. The summed E-state index contributed by atoms with van der Waals surface area (Å²) in [6.07, 6.45) is 0.899. The van der Waals surface area contributed by atoms with E-state index in [-0.39, 0.29) is 0 Å². The van der Waals surface area contributed by atoms with E-state index < -0.39 is 7.25 Å². The second-order valence-corrected chi connectivity index (χ2v) is 3.97. The minimum Gasteiger partial charge on any atom is -0.418 e.